The highest BCUT2D eigenvalue weighted by Crippen LogP contribution is 2.16. The van der Waals surface area contributed by atoms with E-state index in [4.69, 9.17) is 9.47 Å². The normalized spacial score (nSPS) is 10.5. The summed E-state index contributed by atoms with van der Waals surface area (Å²) in [5, 5.41) is 2.82. The third-order valence-corrected chi connectivity index (χ3v) is 3.71. The number of para-hydroxylation sites is 1. The van der Waals surface area contributed by atoms with Crippen molar-refractivity contribution in [3.8, 4) is 11.5 Å². The van der Waals surface area contributed by atoms with Gasteiger partial charge in [0, 0.05) is 11.8 Å². The molecule has 0 bridgehead atoms. The summed E-state index contributed by atoms with van der Waals surface area (Å²) in [5.74, 6) is 1.37. The van der Waals surface area contributed by atoms with Gasteiger partial charge in [0.2, 0.25) is 5.91 Å². The van der Waals surface area contributed by atoms with Crippen molar-refractivity contribution in [3.05, 3.63) is 96.6 Å². The van der Waals surface area contributed by atoms with Crippen LogP contribution < -0.4 is 14.8 Å². The number of amides is 1. The second-order valence-electron chi connectivity index (χ2n) is 5.77. The van der Waals surface area contributed by atoms with Gasteiger partial charge in [-0.3, -0.25) is 4.79 Å². The number of anilines is 1. The molecule has 0 atom stereocenters. The smallest absolute Gasteiger partial charge is 0.248 e. The molecule has 1 N–H and O–H groups in total. The number of benzene rings is 3. The maximum Gasteiger partial charge on any atom is 0.248 e. The van der Waals surface area contributed by atoms with Gasteiger partial charge in [-0.1, -0.05) is 48.5 Å². The van der Waals surface area contributed by atoms with Gasteiger partial charge >= 0.3 is 0 Å². The molecular weight excluding hydrogens is 338 g/mol. The summed E-state index contributed by atoms with van der Waals surface area (Å²) >= 11 is 0. The fourth-order valence-corrected chi connectivity index (χ4v) is 2.39. The average Bonchev–Trinajstić information content (AvgIpc) is 2.72. The highest BCUT2D eigenvalue weighted by atomic mass is 16.5. The van der Waals surface area contributed by atoms with Gasteiger partial charge < -0.3 is 14.8 Å². The fraction of sp³-hybridized carbons (Fsp3) is 0.0870. The Labute approximate surface area is 159 Å². The molecule has 3 rings (SSSR count). The predicted molar refractivity (Wildman–Crippen MR) is 108 cm³/mol. The van der Waals surface area contributed by atoms with Gasteiger partial charge in [0.15, 0.2) is 0 Å². The van der Waals surface area contributed by atoms with E-state index in [9.17, 15) is 4.79 Å². The van der Waals surface area contributed by atoms with Crippen molar-refractivity contribution in [2.24, 2.45) is 0 Å². The highest BCUT2D eigenvalue weighted by molar-refractivity contribution is 6.01. The molecule has 3 aromatic carbocycles. The van der Waals surface area contributed by atoms with Crippen LogP contribution in [-0.4, -0.2) is 19.1 Å². The van der Waals surface area contributed by atoms with Gasteiger partial charge in [0.05, 0.1) is 0 Å². The first-order valence-electron chi connectivity index (χ1n) is 8.74. The van der Waals surface area contributed by atoms with Gasteiger partial charge in [0.1, 0.15) is 24.7 Å². The van der Waals surface area contributed by atoms with Crippen molar-refractivity contribution in [1.82, 2.24) is 0 Å². The SMILES string of the molecule is O=C(/C=C/c1ccccc1)Nc1ccc(OCCOc2ccccc2)cc1. The molecule has 136 valence electrons. The third kappa shape index (κ3) is 6.36. The van der Waals surface area contributed by atoms with Gasteiger partial charge in [-0.25, -0.2) is 0 Å². The zero-order valence-corrected chi connectivity index (χ0v) is 14.9. The standard InChI is InChI=1S/C23H21NO3/c25-23(16-11-19-7-3-1-4-8-19)24-20-12-14-22(15-13-20)27-18-17-26-21-9-5-2-6-10-21/h1-16H,17-18H2,(H,24,25)/b16-11+. The minimum absolute atomic E-state index is 0.177. The Morgan fingerprint density at radius 3 is 1.93 bits per heavy atom. The summed E-state index contributed by atoms with van der Waals surface area (Å²) in [7, 11) is 0. The van der Waals surface area contributed by atoms with Gasteiger partial charge in [-0.15, -0.1) is 0 Å². The average molecular weight is 359 g/mol. The zero-order valence-electron chi connectivity index (χ0n) is 14.9. The second-order valence-corrected chi connectivity index (χ2v) is 5.77. The molecule has 0 saturated carbocycles. The van der Waals surface area contributed by atoms with E-state index >= 15 is 0 Å². The molecule has 1 amide bonds. The Bertz CT molecular complexity index is 859. The topological polar surface area (TPSA) is 47.6 Å². The van der Waals surface area contributed by atoms with Crippen LogP contribution in [0.25, 0.3) is 6.08 Å². The van der Waals surface area contributed by atoms with Crippen LogP contribution in [-0.2, 0) is 4.79 Å². The molecule has 0 unspecified atom stereocenters. The second kappa shape index (κ2) is 9.82. The summed E-state index contributed by atoms with van der Waals surface area (Å²) in [5.41, 5.74) is 1.69. The van der Waals surface area contributed by atoms with Crippen LogP contribution in [0.5, 0.6) is 11.5 Å². The van der Waals surface area contributed by atoms with Crippen molar-refractivity contribution in [2.45, 2.75) is 0 Å². The van der Waals surface area contributed by atoms with Crippen molar-refractivity contribution in [1.29, 1.82) is 0 Å². The van der Waals surface area contributed by atoms with Crippen LogP contribution in [0.4, 0.5) is 5.69 Å². The number of ether oxygens (including phenoxy) is 2. The maximum atomic E-state index is 12.0. The molecule has 4 nitrogen and oxygen atoms in total. The molecule has 0 aliphatic carbocycles. The molecule has 0 spiro atoms. The molecule has 3 aromatic rings. The summed E-state index contributed by atoms with van der Waals surface area (Å²) < 4.78 is 11.2. The number of hydrogen-bond acceptors (Lipinski definition) is 3. The lowest BCUT2D eigenvalue weighted by Crippen LogP contribution is -2.09. The van der Waals surface area contributed by atoms with Crippen LogP contribution in [0.15, 0.2) is 91.0 Å². The molecule has 27 heavy (non-hydrogen) atoms. The minimum Gasteiger partial charge on any atom is -0.490 e. The molecule has 0 heterocycles. The summed E-state index contributed by atoms with van der Waals surface area (Å²) in [6.45, 7) is 0.910. The van der Waals surface area contributed by atoms with Crippen molar-refractivity contribution >= 4 is 17.7 Å². The van der Waals surface area contributed by atoms with Gasteiger partial charge in [-0.05, 0) is 48.0 Å². The number of nitrogens with one attached hydrogen (secondary N) is 1. The Morgan fingerprint density at radius 2 is 1.30 bits per heavy atom. The van der Waals surface area contributed by atoms with E-state index < -0.39 is 0 Å². The van der Waals surface area contributed by atoms with Crippen LogP contribution >= 0.6 is 0 Å². The van der Waals surface area contributed by atoms with Crippen LogP contribution in [0.3, 0.4) is 0 Å². The summed E-state index contributed by atoms with van der Waals surface area (Å²) in [6, 6.07) is 26.6. The van der Waals surface area contributed by atoms with E-state index in [1.807, 2.05) is 84.9 Å². The van der Waals surface area contributed by atoms with Crippen LogP contribution in [0, 0.1) is 0 Å². The Balaban J connectivity index is 1.41. The van der Waals surface area contributed by atoms with Crippen molar-refractivity contribution in [3.63, 3.8) is 0 Å². The molecule has 0 aliphatic heterocycles. The summed E-state index contributed by atoms with van der Waals surface area (Å²) in [6.07, 6.45) is 3.29. The zero-order chi connectivity index (χ0) is 18.7. The van der Waals surface area contributed by atoms with Crippen molar-refractivity contribution < 1.29 is 14.3 Å². The first-order chi connectivity index (χ1) is 13.3. The molecule has 4 heteroatoms. The Morgan fingerprint density at radius 1 is 0.741 bits per heavy atom. The van der Waals surface area contributed by atoms with Gasteiger partial charge in [0.25, 0.3) is 0 Å². The molecule has 0 fully saturated rings. The Hall–Kier alpha value is -3.53. The maximum absolute atomic E-state index is 12.0. The van der Waals surface area contributed by atoms with E-state index in [1.165, 1.54) is 6.08 Å². The number of carbonyl (C=O) groups excluding carboxylic acids is 1. The van der Waals surface area contributed by atoms with Crippen LogP contribution in [0.2, 0.25) is 0 Å². The lowest BCUT2D eigenvalue weighted by Gasteiger charge is -2.09. The predicted octanol–water partition coefficient (Wildman–Crippen LogP) is 4.80. The van der Waals surface area contributed by atoms with Gasteiger partial charge in [-0.2, -0.15) is 0 Å². The minimum atomic E-state index is -0.177. The van der Waals surface area contributed by atoms with Crippen LogP contribution in [0.1, 0.15) is 5.56 Å². The lowest BCUT2D eigenvalue weighted by molar-refractivity contribution is -0.111. The number of hydrogen-bond donors (Lipinski definition) is 1. The number of rotatable bonds is 8. The first kappa shape index (κ1) is 18.3. The first-order valence-corrected chi connectivity index (χ1v) is 8.74. The highest BCUT2D eigenvalue weighted by Gasteiger charge is 2.00. The molecule has 0 aliphatic rings. The van der Waals surface area contributed by atoms with E-state index in [0.717, 1.165) is 17.1 Å². The molecule has 0 saturated heterocycles. The van der Waals surface area contributed by atoms with E-state index in [0.29, 0.717) is 18.9 Å². The fourth-order valence-electron chi connectivity index (χ4n) is 2.39. The molecule has 0 radical (unpaired) electrons. The third-order valence-electron chi connectivity index (χ3n) is 3.71. The number of carbonyl (C=O) groups is 1. The quantitative estimate of drug-likeness (QED) is 0.464. The van der Waals surface area contributed by atoms with E-state index in [-0.39, 0.29) is 5.91 Å². The van der Waals surface area contributed by atoms with E-state index in [1.54, 1.807) is 6.08 Å². The largest absolute Gasteiger partial charge is 0.490 e. The molecular formula is C23H21NO3. The molecule has 0 aromatic heterocycles. The Kier molecular flexibility index (Phi) is 6.65. The lowest BCUT2D eigenvalue weighted by atomic mass is 10.2. The van der Waals surface area contributed by atoms with E-state index in [2.05, 4.69) is 5.32 Å². The summed E-state index contributed by atoms with van der Waals surface area (Å²) in [4.78, 5) is 12.0. The van der Waals surface area contributed by atoms with Crippen molar-refractivity contribution in [2.75, 3.05) is 18.5 Å². The monoisotopic (exact) mass is 359 g/mol.